The van der Waals surface area contributed by atoms with Gasteiger partial charge in [0.25, 0.3) is 0 Å². The quantitative estimate of drug-likeness (QED) is 0.406. The highest BCUT2D eigenvalue weighted by Gasteiger charge is 2.63. The largest absolute Gasteiger partial charge is 0.386 e. The first kappa shape index (κ1) is 11.2. The van der Waals surface area contributed by atoms with Crippen molar-refractivity contribution in [2.75, 3.05) is 13.1 Å². The van der Waals surface area contributed by atoms with Gasteiger partial charge < -0.3 is 5.73 Å². The molecule has 0 aromatic carbocycles. The number of alkyl halides is 4. The lowest BCUT2D eigenvalue weighted by molar-refractivity contribution is -0.172. The van der Waals surface area contributed by atoms with Gasteiger partial charge in [0, 0.05) is 0 Å². The lowest BCUT2D eigenvalue weighted by Crippen LogP contribution is -2.42. The number of rotatable bonds is 2. The molecular formula is C7H11F4N3. The van der Waals surface area contributed by atoms with Crippen molar-refractivity contribution >= 4 is 5.84 Å². The van der Waals surface area contributed by atoms with Crippen LogP contribution < -0.4 is 5.73 Å². The van der Waals surface area contributed by atoms with Crippen LogP contribution in [0.25, 0.3) is 0 Å². The van der Waals surface area contributed by atoms with Gasteiger partial charge in [-0.1, -0.05) is 0 Å². The van der Waals surface area contributed by atoms with Crippen molar-refractivity contribution < 1.29 is 17.6 Å². The Balaban J connectivity index is 2.78. The van der Waals surface area contributed by atoms with E-state index in [2.05, 4.69) is 0 Å². The first-order chi connectivity index (χ1) is 6.17. The van der Waals surface area contributed by atoms with Crippen LogP contribution in [0.1, 0.15) is 6.92 Å². The smallest absolute Gasteiger partial charge is 0.323 e. The van der Waals surface area contributed by atoms with Gasteiger partial charge in [0.15, 0.2) is 0 Å². The fraction of sp³-hybridized carbons (Fsp3) is 0.857. The van der Waals surface area contributed by atoms with Gasteiger partial charge >= 0.3 is 11.8 Å². The van der Waals surface area contributed by atoms with Gasteiger partial charge in [-0.15, -0.1) is 0 Å². The predicted molar refractivity (Wildman–Crippen MR) is 42.8 cm³/mol. The minimum Gasteiger partial charge on any atom is -0.386 e. The van der Waals surface area contributed by atoms with Gasteiger partial charge in [0.2, 0.25) is 0 Å². The monoisotopic (exact) mass is 213 g/mol. The summed E-state index contributed by atoms with van der Waals surface area (Å²) in [5.74, 6) is -8.45. The summed E-state index contributed by atoms with van der Waals surface area (Å²) in [5.41, 5.74) is 5.04. The van der Waals surface area contributed by atoms with E-state index >= 15 is 0 Å². The van der Waals surface area contributed by atoms with E-state index in [4.69, 9.17) is 11.1 Å². The van der Waals surface area contributed by atoms with E-state index in [-0.39, 0.29) is 0 Å². The highest BCUT2D eigenvalue weighted by Crippen LogP contribution is 2.41. The van der Waals surface area contributed by atoms with Crippen molar-refractivity contribution in [2.45, 2.75) is 24.8 Å². The van der Waals surface area contributed by atoms with Crippen LogP contribution in [0.2, 0.25) is 0 Å². The van der Waals surface area contributed by atoms with Crippen LogP contribution in [0, 0.1) is 5.41 Å². The standard InChI is InChI=1S/C7H11F4N3/c1-4(5(12)13)14-2-6(8,9)7(10,11)3-14/h4H,2-3H2,1H3,(H3,12,13). The van der Waals surface area contributed by atoms with Crippen molar-refractivity contribution in [1.29, 1.82) is 5.41 Å². The molecule has 82 valence electrons. The molecular weight excluding hydrogens is 202 g/mol. The summed E-state index contributed by atoms with van der Waals surface area (Å²) in [4.78, 5) is 0.808. The van der Waals surface area contributed by atoms with Gasteiger partial charge in [-0.2, -0.15) is 17.6 Å². The number of amidine groups is 1. The Kier molecular flexibility index (Phi) is 2.47. The molecule has 0 aromatic rings. The van der Waals surface area contributed by atoms with E-state index in [0.717, 1.165) is 4.90 Å². The number of nitrogens with zero attached hydrogens (tertiary/aromatic N) is 1. The molecule has 0 bridgehead atoms. The van der Waals surface area contributed by atoms with E-state index in [0.29, 0.717) is 0 Å². The topological polar surface area (TPSA) is 53.1 Å². The summed E-state index contributed by atoms with van der Waals surface area (Å²) < 4.78 is 50.8. The van der Waals surface area contributed by atoms with E-state index in [1.54, 1.807) is 0 Å². The van der Waals surface area contributed by atoms with Crippen LogP contribution in [0.3, 0.4) is 0 Å². The van der Waals surface area contributed by atoms with E-state index in [9.17, 15) is 17.6 Å². The molecule has 0 saturated carbocycles. The predicted octanol–water partition coefficient (Wildman–Crippen LogP) is 0.897. The Bertz CT molecular complexity index is 237. The average Bonchev–Trinajstić information content (AvgIpc) is 2.20. The molecule has 1 fully saturated rings. The van der Waals surface area contributed by atoms with Crippen LogP contribution in [0.15, 0.2) is 0 Å². The summed E-state index contributed by atoms with van der Waals surface area (Å²) in [5, 5.41) is 6.97. The zero-order valence-electron chi connectivity index (χ0n) is 7.53. The fourth-order valence-electron chi connectivity index (χ4n) is 1.27. The molecule has 0 aromatic heterocycles. The normalized spacial score (nSPS) is 27.5. The molecule has 14 heavy (non-hydrogen) atoms. The van der Waals surface area contributed by atoms with Gasteiger partial charge in [0.05, 0.1) is 19.1 Å². The summed E-state index contributed by atoms with van der Waals surface area (Å²) in [6.07, 6.45) is 0. The second-order valence-electron chi connectivity index (χ2n) is 3.45. The lowest BCUT2D eigenvalue weighted by atomic mass is 10.2. The molecule has 7 heteroatoms. The highest BCUT2D eigenvalue weighted by molar-refractivity contribution is 5.82. The maximum atomic E-state index is 12.7. The first-order valence-electron chi connectivity index (χ1n) is 4.01. The summed E-state index contributed by atoms with van der Waals surface area (Å²) >= 11 is 0. The third-order valence-electron chi connectivity index (χ3n) is 2.34. The first-order valence-corrected chi connectivity index (χ1v) is 4.01. The van der Waals surface area contributed by atoms with Crippen LogP contribution >= 0.6 is 0 Å². The number of halogens is 4. The molecule has 0 radical (unpaired) electrons. The second-order valence-corrected chi connectivity index (χ2v) is 3.45. The van der Waals surface area contributed by atoms with Crippen LogP contribution in [0.5, 0.6) is 0 Å². The maximum Gasteiger partial charge on any atom is 0.323 e. The number of nitrogens with two attached hydrogens (primary N) is 1. The minimum atomic E-state index is -4.03. The zero-order valence-corrected chi connectivity index (χ0v) is 7.53. The minimum absolute atomic E-state index is 0.390. The van der Waals surface area contributed by atoms with E-state index in [1.165, 1.54) is 6.92 Å². The Morgan fingerprint density at radius 3 is 1.93 bits per heavy atom. The summed E-state index contributed by atoms with van der Waals surface area (Å²) in [7, 11) is 0. The highest BCUT2D eigenvalue weighted by atomic mass is 19.3. The number of nitrogens with one attached hydrogen (secondary N) is 1. The Labute approximate surface area is 78.4 Å². The van der Waals surface area contributed by atoms with Crippen LogP contribution in [0.4, 0.5) is 17.6 Å². The molecule has 1 saturated heterocycles. The maximum absolute atomic E-state index is 12.7. The Hall–Kier alpha value is -0.850. The van der Waals surface area contributed by atoms with Crippen LogP contribution in [-0.2, 0) is 0 Å². The van der Waals surface area contributed by atoms with Crippen molar-refractivity contribution in [1.82, 2.24) is 4.90 Å². The SMILES string of the molecule is CC(C(=N)N)N1CC(F)(F)C(F)(F)C1. The molecule has 3 N–H and O–H groups in total. The molecule has 1 atom stereocenters. The van der Waals surface area contributed by atoms with Gasteiger partial charge in [0.1, 0.15) is 5.84 Å². The summed E-state index contributed by atoms with van der Waals surface area (Å²) in [6, 6.07) is -0.880. The van der Waals surface area contributed by atoms with Crippen molar-refractivity contribution in [3.63, 3.8) is 0 Å². The Morgan fingerprint density at radius 2 is 1.64 bits per heavy atom. The molecule has 1 rings (SSSR count). The summed E-state index contributed by atoms with van der Waals surface area (Å²) in [6.45, 7) is -0.763. The molecule has 0 spiro atoms. The molecule has 1 unspecified atom stereocenters. The molecule has 0 aliphatic carbocycles. The third kappa shape index (κ3) is 1.68. The Morgan fingerprint density at radius 1 is 1.29 bits per heavy atom. The van der Waals surface area contributed by atoms with Crippen molar-refractivity contribution in [2.24, 2.45) is 5.73 Å². The van der Waals surface area contributed by atoms with Gasteiger partial charge in [-0.3, -0.25) is 10.3 Å². The van der Waals surface area contributed by atoms with E-state index in [1.807, 2.05) is 0 Å². The van der Waals surface area contributed by atoms with Crippen molar-refractivity contribution in [3.8, 4) is 0 Å². The van der Waals surface area contributed by atoms with Gasteiger partial charge in [-0.05, 0) is 6.92 Å². The average molecular weight is 213 g/mol. The van der Waals surface area contributed by atoms with Gasteiger partial charge in [-0.25, -0.2) is 0 Å². The molecule has 3 nitrogen and oxygen atoms in total. The molecule has 1 heterocycles. The van der Waals surface area contributed by atoms with Crippen molar-refractivity contribution in [3.05, 3.63) is 0 Å². The number of hydrogen-bond acceptors (Lipinski definition) is 2. The molecule has 1 aliphatic heterocycles. The number of likely N-dealkylation sites (tertiary alicyclic amines) is 1. The lowest BCUT2D eigenvalue weighted by Gasteiger charge is -2.21. The van der Waals surface area contributed by atoms with Crippen LogP contribution in [-0.4, -0.2) is 41.7 Å². The third-order valence-corrected chi connectivity index (χ3v) is 2.34. The zero-order chi connectivity index (χ0) is 11.1. The number of hydrogen-bond donors (Lipinski definition) is 2. The van der Waals surface area contributed by atoms with E-state index < -0.39 is 36.8 Å². The fourth-order valence-corrected chi connectivity index (χ4v) is 1.27. The second kappa shape index (κ2) is 3.08. The molecule has 0 amide bonds. The molecule has 1 aliphatic rings.